The first-order valence-electron chi connectivity index (χ1n) is 6.61. The standard InChI is InChI=1S/C14H20N4OS/c1-19-12-4-2-3-10(7-12)8-13-17-14(20-18-13)6-5-11(16)9-15/h2-4,7,11H,5-6,8-9,15-16H2,1H3. The third-order valence-electron chi connectivity index (χ3n) is 3.04. The van der Waals surface area contributed by atoms with Gasteiger partial charge < -0.3 is 16.2 Å². The maximum absolute atomic E-state index is 5.80. The molecule has 5 nitrogen and oxygen atoms in total. The van der Waals surface area contributed by atoms with Crippen molar-refractivity contribution in [3.05, 3.63) is 40.7 Å². The first-order valence-corrected chi connectivity index (χ1v) is 7.38. The third kappa shape index (κ3) is 4.26. The number of methoxy groups -OCH3 is 1. The first kappa shape index (κ1) is 14.9. The van der Waals surface area contributed by atoms with E-state index in [-0.39, 0.29) is 6.04 Å². The van der Waals surface area contributed by atoms with Gasteiger partial charge in [0, 0.05) is 25.4 Å². The lowest BCUT2D eigenvalue weighted by atomic mass is 10.1. The summed E-state index contributed by atoms with van der Waals surface area (Å²) >= 11 is 1.44. The SMILES string of the molecule is COc1cccc(Cc2nsc(CCC(N)CN)n2)c1. The lowest BCUT2D eigenvalue weighted by Crippen LogP contribution is -2.29. The topological polar surface area (TPSA) is 87.0 Å². The Hall–Kier alpha value is -1.50. The number of nitrogens with two attached hydrogens (primary N) is 2. The van der Waals surface area contributed by atoms with Gasteiger partial charge in [-0.15, -0.1) is 0 Å². The maximum atomic E-state index is 5.80. The summed E-state index contributed by atoms with van der Waals surface area (Å²) in [4.78, 5) is 4.54. The highest BCUT2D eigenvalue weighted by molar-refractivity contribution is 7.05. The van der Waals surface area contributed by atoms with E-state index in [2.05, 4.69) is 9.36 Å². The molecule has 0 bridgehead atoms. The number of rotatable bonds is 7. The zero-order chi connectivity index (χ0) is 14.4. The Morgan fingerprint density at radius 2 is 2.25 bits per heavy atom. The van der Waals surface area contributed by atoms with Gasteiger partial charge in [0.25, 0.3) is 0 Å². The van der Waals surface area contributed by atoms with Crippen molar-refractivity contribution in [3.8, 4) is 5.75 Å². The fourth-order valence-electron chi connectivity index (χ4n) is 1.86. The Bertz CT molecular complexity index is 543. The lowest BCUT2D eigenvalue weighted by molar-refractivity contribution is 0.414. The smallest absolute Gasteiger partial charge is 0.146 e. The van der Waals surface area contributed by atoms with Gasteiger partial charge in [-0.25, -0.2) is 4.98 Å². The second kappa shape index (κ2) is 7.33. The third-order valence-corrected chi connectivity index (χ3v) is 3.85. The van der Waals surface area contributed by atoms with Gasteiger partial charge in [0.05, 0.1) is 7.11 Å². The van der Waals surface area contributed by atoms with Crippen LogP contribution < -0.4 is 16.2 Å². The number of hydrogen-bond acceptors (Lipinski definition) is 6. The van der Waals surface area contributed by atoms with E-state index >= 15 is 0 Å². The van der Waals surface area contributed by atoms with Crippen LogP contribution in [0.3, 0.4) is 0 Å². The van der Waals surface area contributed by atoms with E-state index in [1.165, 1.54) is 11.5 Å². The summed E-state index contributed by atoms with van der Waals surface area (Å²) < 4.78 is 9.60. The van der Waals surface area contributed by atoms with Crippen LogP contribution >= 0.6 is 11.5 Å². The molecule has 1 unspecified atom stereocenters. The van der Waals surface area contributed by atoms with Crippen LogP contribution in [-0.4, -0.2) is 29.1 Å². The highest BCUT2D eigenvalue weighted by atomic mass is 32.1. The number of ether oxygens (including phenoxy) is 1. The van der Waals surface area contributed by atoms with Crippen molar-refractivity contribution in [1.82, 2.24) is 9.36 Å². The summed E-state index contributed by atoms with van der Waals surface area (Å²) in [5.74, 6) is 1.70. The molecule has 2 rings (SSSR count). The van der Waals surface area contributed by atoms with E-state index < -0.39 is 0 Å². The molecular weight excluding hydrogens is 272 g/mol. The maximum Gasteiger partial charge on any atom is 0.146 e. The monoisotopic (exact) mass is 292 g/mol. The van der Waals surface area contributed by atoms with E-state index in [1.54, 1.807) is 7.11 Å². The lowest BCUT2D eigenvalue weighted by Gasteiger charge is -2.05. The Morgan fingerprint density at radius 1 is 1.40 bits per heavy atom. The average Bonchev–Trinajstić information content (AvgIpc) is 2.92. The molecule has 0 aliphatic heterocycles. The Labute approximate surface area is 123 Å². The van der Waals surface area contributed by atoms with Gasteiger partial charge >= 0.3 is 0 Å². The molecule has 1 atom stereocenters. The number of nitrogens with zero attached hydrogens (tertiary/aromatic N) is 2. The normalized spacial score (nSPS) is 12.3. The van der Waals surface area contributed by atoms with E-state index in [4.69, 9.17) is 16.2 Å². The second-order valence-electron chi connectivity index (χ2n) is 4.67. The fourth-order valence-corrected chi connectivity index (χ4v) is 2.53. The summed E-state index contributed by atoms with van der Waals surface area (Å²) in [5, 5.41) is 1.02. The Kier molecular flexibility index (Phi) is 5.46. The van der Waals surface area contributed by atoms with Gasteiger partial charge in [0.15, 0.2) is 0 Å². The molecule has 0 spiro atoms. The van der Waals surface area contributed by atoms with Gasteiger partial charge in [-0.1, -0.05) is 12.1 Å². The van der Waals surface area contributed by atoms with Gasteiger partial charge in [0.2, 0.25) is 0 Å². The van der Waals surface area contributed by atoms with Crippen molar-refractivity contribution in [3.63, 3.8) is 0 Å². The summed E-state index contributed by atoms with van der Waals surface area (Å²) in [6.07, 6.45) is 2.41. The number of hydrogen-bond donors (Lipinski definition) is 2. The summed E-state index contributed by atoms with van der Waals surface area (Å²) in [6, 6.07) is 8.00. The molecule has 20 heavy (non-hydrogen) atoms. The van der Waals surface area contributed by atoms with Crippen molar-refractivity contribution in [2.24, 2.45) is 11.5 Å². The minimum absolute atomic E-state index is 0.0423. The largest absolute Gasteiger partial charge is 0.497 e. The molecule has 6 heteroatoms. The summed E-state index contributed by atoms with van der Waals surface area (Å²) in [6.45, 7) is 0.509. The molecule has 0 amide bonds. The minimum Gasteiger partial charge on any atom is -0.497 e. The molecule has 2 aromatic rings. The van der Waals surface area contributed by atoms with E-state index in [0.29, 0.717) is 6.54 Å². The summed E-state index contributed by atoms with van der Waals surface area (Å²) in [7, 11) is 1.67. The molecular formula is C14H20N4OS. The Balaban J connectivity index is 1.95. The molecule has 4 N–H and O–H groups in total. The molecule has 108 valence electrons. The van der Waals surface area contributed by atoms with Crippen molar-refractivity contribution in [1.29, 1.82) is 0 Å². The van der Waals surface area contributed by atoms with Crippen LogP contribution in [0.1, 0.15) is 22.8 Å². The van der Waals surface area contributed by atoms with E-state index in [9.17, 15) is 0 Å². The molecule has 0 radical (unpaired) electrons. The highest BCUT2D eigenvalue weighted by Gasteiger charge is 2.07. The first-order chi connectivity index (χ1) is 9.71. The van der Waals surface area contributed by atoms with Crippen LogP contribution in [0, 0.1) is 0 Å². The zero-order valence-electron chi connectivity index (χ0n) is 11.6. The molecule has 1 aromatic heterocycles. The van der Waals surface area contributed by atoms with Crippen LogP contribution in [0.2, 0.25) is 0 Å². The van der Waals surface area contributed by atoms with Crippen LogP contribution in [-0.2, 0) is 12.8 Å². The Morgan fingerprint density at radius 3 is 3.00 bits per heavy atom. The van der Waals surface area contributed by atoms with Crippen LogP contribution in [0.25, 0.3) is 0 Å². The average molecular weight is 292 g/mol. The number of benzene rings is 1. The molecule has 0 aliphatic carbocycles. The molecule has 0 saturated heterocycles. The number of aryl methyl sites for hydroxylation is 1. The number of aromatic nitrogens is 2. The molecule has 0 aliphatic rings. The van der Waals surface area contributed by atoms with Crippen LogP contribution in [0.5, 0.6) is 5.75 Å². The fraction of sp³-hybridized carbons (Fsp3) is 0.429. The molecule has 0 fully saturated rings. The predicted molar refractivity (Wildman–Crippen MR) is 81.1 cm³/mol. The van der Waals surface area contributed by atoms with E-state index in [0.717, 1.165) is 41.4 Å². The highest BCUT2D eigenvalue weighted by Crippen LogP contribution is 2.16. The zero-order valence-corrected chi connectivity index (χ0v) is 12.4. The van der Waals surface area contributed by atoms with E-state index in [1.807, 2.05) is 24.3 Å². The summed E-state index contributed by atoms with van der Waals surface area (Å²) in [5.41, 5.74) is 12.4. The van der Waals surface area contributed by atoms with Crippen LogP contribution in [0.15, 0.2) is 24.3 Å². The van der Waals surface area contributed by atoms with Crippen molar-refractivity contribution < 1.29 is 4.74 Å². The van der Waals surface area contributed by atoms with Gasteiger partial charge in [0.1, 0.15) is 16.6 Å². The second-order valence-corrected chi connectivity index (χ2v) is 5.50. The minimum atomic E-state index is 0.0423. The van der Waals surface area contributed by atoms with Crippen molar-refractivity contribution in [2.75, 3.05) is 13.7 Å². The molecule has 0 saturated carbocycles. The molecule has 1 aromatic carbocycles. The van der Waals surface area contributed by atoms with Gasteiger partial charge in [-0.05, 0) is 35.6 Å². The van der Waals surface area contributed by atoms with Crippen LogP contribution in [0.4, 0.5) is 0 Å². The van der Waals surface area contributed by atoms with Crippen molar-refractivity contribution in [2.45, 2.75) is 25.3 Å². The predicted octanol–water partition coefficient (Wildman–Crippen LogP) is 1.36. The molecule has 1 heterocycles. The van der Waals surface area contributed by atoms with Gasteiger partial charge in [-0.2, -0.15) is 4.37 Å². The van der Waals surface area contributed by atoms with Gasteiger partial charge in [-0.3, -0.25) is 0 Å². The quantitative estimate of drug-likeness (QED) is 0.804. The van der Waals surface area contributed by atoms with Crippen molar-refractivity contribution >= 4 is 11.5 Å².